The van der Waals surface area contributed by atoms with Crippen LogP contribution < -0.4 is 14.8 Å². The van der Waals surface area contributed by atoms with Crippen LogP contribution in [0.4, 0.5) is 0 Å². The predicted octanol–water partition coefficient (Wildman–Crippen LogP) is 0.684. The van der Waals surface area contributed by atoms with E-state index in [0.29, 0.717) is 17.1 Å². The molecule has 0 spiro atoms. The molecule has 1 atom stereocenters. The van der Waals surface area contributed by atoms with Crippen molar-refractivity contribution in [1.82, 2.24) is 10.2 Å². The van der Waals surface area contributed by atoms with Crippen LogP contribution in [0.15, 0.2) is 18.2 Å². The molecule has 2 N–H and O–H groups in total. The molecule has 25 heavy (non-hydrogen) atoms. The average Bonchev–Trinajstić information content (AvgIpc) is 2.57. The topological polar surface area (TPSA) is 105 Å². The Hall–Kier alpha value is -2.77. The second-order valence-corrected chi connectivity index (χ2v) is 5.45. The number of ether oxygens (including phenoxy) is 2. The van der Waals surface area contributed by atoms with Gasteiger partial charge in [-0.1, -0.05) is 6.07 Å². The molecule has 8 heteroatoms. The molecule has 0 fully saturated rings. The number of carboxylic acid groups (broad SMARTS) is 1. The molecule has 0 bridgehead atoms. The summed E-state index contributed by atoms with van der Waals surface area (Å²) in [6, 6.07) is 4.08. The van der Waals surface area contributed by atoms with Crippen LogP contribution in [0.1, 0.15) is 19.4 Å². The number of nitrogens with one attached hydrogen (secondary N) is 1. The smallest absolute Gasteiger partial charge is 0.326 e. The minimum atomic E-state index is -1.11. The van der Waals surface area contributed by atoms with E-state index in [1.54, 1.807) is 18.2 Å². The van der Waals surface area contributed by atoms with Gasteiger partial charge < -0.3 is 24.8 Å². The van der Waals surface area contributed by atoms with E-state index in [2.05, 4.69) is 5.32 Å². The van der Waals surface area contributed by atoms with E-state index in [0.717, 1.165) is 0 Å². The largest absolute Gasteiger partial charge is 0.493 e. The number of carboxylic acids is 1. The highest BCUT2D eigenvalue weighted by Gasteiger charge is 2.25. The van der Waals surface area contributed by atoms with Crippen LogP contribution >= 0.6 is 0 Å². The van der Waals surface area contributed by atoms with Crippen LogP contribution in [-0.4, -0.2) is 61.1 Å². The van der Waals surface area contributed by atoms with Crippen LogP contribution in [0, 0.1) is 0 Å². The molecule has 0 radical (unpaired) electrons. The molecule has 1 unspecified atom stereocenters. The lowest BCUT2D eigenvalue weighted by molar-refractivity contribution is -0.149. The van der Waals surface area contributed by atoms with E-state index in [1.165, 1.54) is 33.0 Å². The van der Waals surface area contributed by atoms with E-state index in [1.807, 2.05) is 0 Å². The highest BCUT2D eigenvalue weighted by atomic mass is 16.5. The quantitative estimate of drug-likeness (QED) is 0.677. The van der Waals surface area contributed by atoms with E-state index in [4.69, 9.17) is 9.47 Å². The molecule has 8 nitrogen and oxygen atoms in total. The molecule has 138 valence electrons. The lowest BCUT2D eigenvalue weighted by atomic mass is 10.1. The van der Waals surface area contributed by atoms with Gasteiger partial charge >= 0.3 is 5.97 Å². The fourth-order valence-electron chi connectivity index (χ4n) is 2.29. The number of methoxy groups -OCH3 is 2. The molecule has 0 saturated heterocycles. The van der Waals surface area contributed by atoms with Gasteiger partial charge in [0, 0.05) is 20.0 Å². The first-order valence-corrected chi connectivity index (χ1v) is 7.77. The van der Waals surface area contributed by atoms with Crippen molar-refractivity contribution in [2.24, 2.45) is 0 Å². The molecular formula is C17H24N2O6. The predicted molar refractivity (Wildman–Crippen MR) is 90.7 cm³/mol. The van der Waals surface area contributed by atoms with Gasteiger partial charge in [-0.3, -0.25) is 9.59 Å². The maximum Gasteiger partial charge on any atom is 0.326 e. The fourth-order valence-corrected chi connectivity index (χ4v) is 2.29. The third kappa shape index (κ3) is 5.98. The van der Waals surface area contributed by atoms with Gasteiger partial charge in [0.25, 0.3) is 0 Å². The minimum absolute atomic E-state index is 0.0120. The molecule has 0 aliphatic rings. The number of benzene rings is 1. The number of carbonyl (C=O) groups is 3. The van der Waals surface area contributed by atoms with Gasteiger partial charge in [0.15, 0.2) is 11.5 Å². The van der Waals surface area contributed by atoms with Crippen molar-refractivity contribution in [2.75, 3.05) is 27.3 Å². The van der Waals surface area contributed by atoms with Crippen LogP contribution in [0.25, 0.3) is 0 Å². The summed E-state index contributed by atoms with van der Waals surface area (Å²) in [4.78, 5) is 36.0. The minimum Gasteiger partial charge on any atom is -0.493 e. The highest BCUT2D eigenvalue weighted by Crippen LogP contribution is 2.27. The monoisotopic (exact) mass is 352 g/mol. The maximum atomic E-state index is 12.6. The van der Waals surface area contributed by atoms with Gasteiger partial charge in [-0.05, 0) is 24.6 Å². The lowest BCUT2D eigenvalue weighted by Gasteiger charge is -2.26. The number of nitrogens with zero attached hydrogens (tertiary/aromatic N) is 1. The molecule has 1 aromatic carbocycles. The molecule has 2 amide bonds. The first-order chi connectivity index (χ1) is 11.8. The number of hydrogen-bond donors (Lipinski definition) is 2. The molecule has 1 rings (SSSR count). The Morgan fingerprint density at radius 3 is 2.36 bits per heavy atom. The normalized spacial score (nSPS) is 11.4. The first kappa shape index (κ1) is 20.3. The van der Waals surface area contributed by atoms with Crippen molar-refractivity contribution in [2.45, 2.75) is 26.3 Å². The van der Waals surface area contributed by atoms with Gasteiger partial charge in [-0.25, -0.2) is 4.79 Å². The van der Waals surface area contributed by atoms with Crippen LogP contribution in [0.5, 0.6) is 11.5 Å². The maximum absolute atomic E-state index is 12.6. The van der Waals surface area contributed by atoms with Crippen LogP contribution in [-0.2, 0) is 20.8 Å². The number of hydrogen-bond acceptors (Lipinski definition) is 5. The standard InChI is InChI=1S/C17H24N2O6/c1-11(17(22)23)19(8-7-18-12(2)20)16(21)10-13-5-6-14(24-3)15(9-13)25-4/h5-6,9,11H,7-8,10H2,1-4H3,(H,18,20)(H,22,23). The Morgan fingerprint density at radius 1 is 1.20 bits per heavy atom. The van der Waals surface area contributed by atoms with Crippen molar-refractivity contribution in [3.05, 3.63) is 23.8 Å². The van der Waals surface area contributed by atoms with Crippen molar-refractivity contribution in [1.29, 1.82) is 0 Å². The van der Waals surface area contributed by atoms with E-state index in [9.17, 15) is 19.5 Å². The average molecular weight is 352 g/mol. The zero-order valence-corrected chi connectivity index (χ0v) is 14.9. The third-order valence-corrected chi connectivity index (χ3v) is 3.68. The Bertz CT molecular complexity index is 632. The number of carbonyl (C=O) groups excluding carboxylic acids is 2. The van der Waals surface area contributed by atoms with Gasteiger partial charge in [-0.2, -0.15) is 0 Å². The summed E-state index contributed by atoms with van der Waals surface area (Å²) in [6.07, 6.45) is 0.0120. The lowest BCUT2D eigenvalue weighted by Crippen LogP contribution is -2.47. The molecule has 0 aliphatic carbocycles. The second kappa shape index (κ2) is 9.51. The van der Waals surface area contributed by atoms with Crippen molar-refractivity contribution in [3.8, 4) is 11.5 Å². The fraction of sp³-hybridized carbons (Fsp3) is 0.471. The Balaban J connectivity index is 2.89. The van der Waals surface area contributed by atoms with E-state index in [-0.39, 0.29) is 31.3 Å². The zero-order valence-electron chi connectivity index (χ0n) is 14.9. The Morgan fingerprint density at radius 2 is 1.84 bits per heavy atom. The van der Waals surface area contributed by atoms with Crippen molar-refractivity contribution >= 4 is 17.8 Å². The molecule has 1 aromatic rings. The molecule has 0 saturated carbocycles. The number of rotatable bonds is 9. The summed E-state index contributed by atoms with van der Waals surface area (Å²) < 4.78 is 10.4. The summed E-state index contributed by atoms with van der Waals surface area (Å²) in [7, 11) is 3.01. The summed E-state index contributed by atoms with van der Waals surface area (Å²) in [6.45, 7) is 3.09. The van der Waals surface area contributed by atoms with Gasteiger partial charge in [0.1, 0.15) is 6.04 Å². The zero-order chi connectivity index (χ0) is 19.0. The molecule has 0 heterocycles. The third-order valence-electron chi connectivity index (χ3n) is 3.68. The molecule has 0 aromatic heterocycles. The van der Waals surface area contributed by atoms with Crippen LogP contribution in [0.2, 0.25) is 0 Å². The van der Waals surface area contributed by atoms with Crippen molar-refractivity contribution < 1.29 is 29.0 Å². The Kier molecular flexibility index (Phi) is 7.71. The van der Waals surface area contributed by atoms with Crippen LogP contribution in [0.3, 0.4) is 0 Å². The Labute approximate surface area is 146 Å². The highest BCUT2D eigenvalue weighted by molar-refractivity contribution is 5.85. The number of amides is 2. The summed E-state index contributed by atoms with van der Waals surface area (Å²) in [5.74, 6) is -0.671. The molecule has 0 aliphatic heterocycles. The summed E-state index contributed by atoms with van der Waals surface area (Å²) in [5, 5.41) is 11.8. The summed E-state index contributed by atoms with van der Waals surface area (Å²) in [5.41, 5.74) is 0.671. The second-order valence-electron chi connectivity index (χ2n) is 5.45. The van der Waals surface area contributed by atoms with Gasteiger partial charge in [0.05, 0.1) is 20.6 Å². The van der Waals surface area contributed by atoms with E-state index >= 15 is 0 Å². The molecular weight excluding hydrogens is 328 g/mol. The first-order valence-electron chi connectivity index (χ1n) is 7.77. The summed E-state index contributed by atoms with van der Waals surface area (Å²) >= 11 is 0. The van der Waals surface area contributed by atoms with Gasteiger partial charge in [0.2, 0.25) is 11.8 Å². The van der Waals surface area contributed by atoms with E-state index < -0.39 is 12.0 Å². The number of aliphatic carboxylic acids is 1. The van der Waals surface area contributed by atoms with Gasteiger partial charge in [-0.15, -0.1) is 0 Å². The van der Waals surface area contributed by atoms with Crippen molar-refractivity contribution in [3.63, 3.8) is 0 Å². The SMILES string of the molecule is COc1ccc(CC(=O)N(CCNC(C)=O)C(C)C(=O)O)cc1OC.